The number of ether oxygens (including phenoxy) is 1. The number of carbonyl (C=O) groups excluding carboxylic acids is 1. The average Bonchev–Trinajstić information content (AvgIpc) is 2.51. The maximum atomic E-state index is 12.1. The number of methoxy groups -OCH3 is 1. The van der Waals surface area contributed by atoms with E-state index in [9.17, 15) is 4.79 Å². The lowest BCUT2D eigenvalue weighted by molar-refractivity contribution is -0.134. The van der Waals surface area contributed by atoms with Crippen molar-refractivity contribution in [3.63, 3.8) is 0 Å². The van der Waals surface area contributed by atoms with E-state index >= 15 is 0 Å². The van der Waals surface area contributed by atoms with E-state index in [-0.39, 0.29) is 17.8 Å². The van der Waals surface area contributed by atoms with Crippen LogP contribution in [0.3, 0.4) is 0 Å². The molecular formula is C14H28N4O3. The van der Waals surface area contributed by atoms with Crippen molar-refractivity contribution < 1.29 is 14.7 Å². The topological polar surface area (TPSA) is 91.4 Å². The number of carbonyl (C=O) groups is 1. The van der Waals surface area contributed by atoms with Gasteiger partial charge in [-0.15, -0.1) is 0 Å². The monoisotopic (exact) mass is 300 g/mol. The number of hydrogen-bond donors (Lipinski definition) is 2. The molecule has 122 valence electrons. The van der Waals surface area contributed by atoms with E-state index in [1.807, 2.05) is 25.7 Å². The smallest absolute Gasteiger partial charge is 0.222 e. The van der Waals surface area contributed by atoms with E-state index in [2.05, 4.69) is 10.1 Å². The van der Waals surface area contributed by atoms with Crippen molar-refractivity contribution in [3.8, 4) is 0 Å². The zero-order valence-electron chi connectivity index (χ0n) is 13.5. The van der Waals surface area contributed by atoms with Crippen molar-refractivity contribution in [1.29, 1.82) is 0 Å². The highest BCUT2D eigenvalue weighted by Crippen LogP contribution is 2.18. The molecule has 7 nitrogen and oxygen atoms in total. The Hall–Kier alpha value is -1.34. The molecule has 0 spiro atoms. The summed E-state index contributed by atoms with van der Waals surface area (Å²) < 4.78 is 5.16. The number of nitrogens with zero attached hydrogens (tertiary/aromatic N) is 3. The van der Waals surface area contributed by atoms with Crippen LogP contribution in [-0.4, -0.2) is 71.7 Å². The van der Waals surface area contributed by atoms with Crippen LogP contribution in [0, 0.1) is 0 Å². The van der Waals surface area contributed by atoms with Crippen molar-refractivity contribution in [2.75, 3.05) is 33.3 Å². The fraction of sp³-hybridized carbons (Fsp3) is 0.857. The molecule has 0 radical (unpaired) electrons. The van der Waals surface area contributed by atoms with Gasteiger partial charge in [-0.2, -0.15) is 0 Å². The molecule has 0 aromatic carbocycles. The molecule has 1 saturated heterocycles. The fourth-order valence-corrected chi connectivity index (χ4v) is 2.40. The first-order chi connectivity index (χ1) is 9.82. The highest BCUT2D eigenvalue weighted by Gasteiger charge is 2.34. The van der Waals surface area contributed by atoms with Crippen molar-refractivity contribution in [1.82, 2.24) is 9.80 Å². The first kappa shape index (κ1) is 17.7. The van der Waals surface area contributed by atoms with E-state index in [0.29, 0.717) is 19.5 Å². The second-order valence-electron chi connectivity index (χ2n) is 6.00. The van der Waals surface area contributed by atoms with Crippen LogP contribution >= 0.6 is 0 Å². The molecule has 21 heavy (non-hydrogen) atoms. The summed E-state index contributed by atoms with van der Waals surface area (Å²) in [6.45, 7) is 8.57. The number of amidine groups is 1. The largest absolute Gasteiger partial charge is 0.409 e. The molecule has 7 heteroatoms. The molecule has 3 N–H and O–H groups in total. The van der Waals surface area contributed by atoms with Crippen LogP contribution in [0.5, 0.6) is 0 Å². The molecule has 1 fully saturated rings. The minimum Gasteiger partial charge on any atom is -0.409 e. The fourth-order valence-electron chi connectivity index (χ4n) is 2.40. The summed E-state index contributed by atoms with van der Waals surface area (Å²) in [5, 5.41) is 12.0. The van der Waals surface area contributed by atoms with Gasteiger partial charge in [0.15, 0.2) is 5.84 Å². The standard InChI is InChI=1S/C14H28N4O3/c1-11(21-4)5-6-12(19)17-7-9-18(10-8-17)14(2,3)13(15)16-20/h11,20H,5-10H2,1-4H3,(H2,15,16). The lowest BCUT2D eigenvalue weighted by Gasteiger charge is -2.43. The van der Waals surface area contributed by atoms with Crippen LogP contribution < -0.4 is 5.73 Å². The number of nitrogens with two attached hydrogens (primary N) is 1. The van der Waals surface area contributed by atoms with Crippen molar-refractivity contribution in [2.45, 2.75) is 45.3 Å². The Kier molecular flexibility index (Phi) is 6.42. The predicted molar refractivity (Wildman–Crippen MR) is 81.3 cm³/mol. The van der Waals surface area contributed by atoms with E-state index in [0.717, 1.165) is 19.5 Å². The van der Waals surface area contributed by atoms with Crippen LogP contribution in [0.15, 0.2) is 5.16 Å². The summed E-state index contributed by atoms with van der Waals surface area (Å²) in [4.78, 5) is 16.1. The maximum absolute atomic E-state index is 12.1. The predicted octanol–water partition coefficient (Wildman–Crippen LogP) is 0.471. The second kappa shape index (κ2) is 7.61. The summed E-state index contributed by atoms with van der Waals surface area (Å²) in [6, 6.07) is 0. The van der Waals surface area contributed by atoms with E-state index in [1.165, 1.54) is 0 Å². The van der Waals surface area contributed by atoms with Crippen LogP contribution in [0.4, 0.5) is 0 Å². The summed E-state index contributed by atoms with van der Waals surface area (Å²) in [5.41, 5.74) is 5.23. The van der Waals surface area contributed by atoms with Gasteiger partial charge in [0.2, 0.25) is 5.91 Å². The van der Waals surface area contributed by atoms with E-state index in [4.69, 9.17) is 15.7 Å². The second-order valence-corrected chi connectivity index (χ2v) is 6.00. The lowest BCUT2D eigenvalue weighted by atomic mass is 10.00. The third-order valence-electron chi connectivity index (χ3n) is 4.32. The third kappa shape index (κ3) is 4.57. The van der Waals surface area contributed by atoms with Crippen molar-refractivity contribution >= 4 is 11.7 Å². The molecule has 1 rings (SSSR count). The van der Waals surface area contributed by atoms with Gasteiger partial charge in [0.25, 0.3) is 0 Å². The molecule has 1 atom stereocenters. The van der Waals surface area contributed by atoms with Gasteiger partial charge in [-0.25, -0.2) is 0 Å². The quantitative estimate of drug-likeness (QED) is 0.322. The molecule has 1 heterocycles. The molecule has 1 aliphatic heterocycles. The molecule has 0 saturated carbocycles. The molecule has 1 unspecified atom stereocenters. The van der Waals surface area contributed by atoms with E-state index in [1.54, 1.807) is 7.11 Å². The van der Waals surface area contributed by atoms with Gasteiger partial charge in [0.1, 0.15) is 0 Å². The van der Waals surface area contributed by atoms with Gasteiger partial charge in [0, 0.05) is 39.7 Å². The Labute approximate surface area is 126 Å². The Balaban J connectivity index is 2.47. The average molecular weight is 300 g/mol. The molecule has 1 aliphatic rings. The van der Waals surface area contributed by atoms with Gasteiger partial charge < -0.3 is 20.6 Å². The van der Waals surface area contributed by atoms with E-state index < -0.39 is 5.54 Å². The van der Waals surface area contributed by atoms with Crippen molar-refractivity contribution in [3.05, 3.63) is 0 Å². The van der Waals surface area contributed by atoms with Gasteiger partial charge in [-0.1, -0.05) is 5.16 Å². The van der Waals surface area contributed by atoms with Gasteiger partial charge in [0.05, 0.1) is 11.6 Å². The summed E-state index contributed by atoms with van der Waals surface area (Å²) >= 11 is 0. The number of piperazine rings is 1. The van der Waals surface area contributed by atoms with Gasteiger partial charge in [-0.05, 0) is 27.2 Å². The molecular weight excluding hydrogens is 272 g/mol. The highest BCUT2D eigenvalue weighted by atomic mass is 16.5. The third-order valence-corrected chi connectivity index (χ3v) is 4.32. The zero-order chi connectivity index (χ0) is 16.0. The maximum Gasteiger partial charge on any atom is 0.222 e. The molecule has 0 aromatic heterocycles. The Morgan fingerprint density at radius 3 is 2.43 bits per heavy atom. The minimum absolute atomic E-state index is 0.106. The Morgan fingerprint density at radius 2 is 1.95 bits per heavy atom. The van der Waals surface area contributed by atoms with Crippen LogP contribution in [0.2, 0.25) is 0 Å². The van der Waals surface area contributed by atoms with Crippen LogP contribution in [-0.2, 0) is 9.53 Å². The minimum atomic E-state index is -0.506. The Morgan fingerprint density at radius 1 is 1.38 bits per heavy atom. The van der Waals surface area contributed by atoms with Gasteiger partial charge >= 0.3 is 0 Å². The van der Waals surface area contributed by atoms with Crippen LogP contribution in [0.1, 0.15) is 33.6 Å². The summed E-state index contributed by atoms with van der Waals surface area (Å²) in [7, 11) is 1.66. The first-order valence-corrected chi connectivity index (χ1v) is 7.36. The van der Waals surface area contributed by atoms with Crippen LogP contribution in [0.25, 0.3) is 0 Å². The zero-order valence-corrected chi connectivity index (χ0v) is 13.5. The molecule has 0 aliphatic carbocycles. The number of oxime groups is 1. The van der Waals surface area contributed by atoms with Gasteiger partial charge in [-0.3, -0.25) is 9.69 Å². The summed E-state index contributed by atoms with van der Waals surface area (Å²) in [6.07, 6.45) is 1.36. The number of rotatable bonds is 6. The molecule has 0 aromatic rings. The Bertz CT molecular complexity index is 376. The highest BCUT2D eigenvalue weighted by molar-refractivity contribution is 5.88. The lowest BCUT2D eigenvalue weighted by Crippen LogP contribution is -2.60. The number of hydrogen-bond acceptors (Lipinski definition) is 5. The molecule has 0 bridgehead atoms. The number of amides is 1. The first-order valence-electron chi connectivity index (χ1n) is 7.36. The van der Waals surface area contributed by atoms with Crippen molar-refractivity contribution in [2.24, 2.45) is 10.9 Å². The molecule has 1 amide bonds. The SMILES string of the molecule is COC(C)CCC(=O)N1CCN(C(C)(C)C(N)=NO)CC1. The normalized spacial score (nSPS) is 19.6. The summed E-state index contributed by atoms with van der Waals surface area (Å²) in [5.74, 6) is 0.358.